The molecule has 2 bridgehead atoms. The van der Waals surface area contributed by atoms with Gasteiger partial charge in [0.2, 0.25) is 5.95 Å². The van der Waals surface area contributed by atoms with Crippen LogP contribution in [-0.4, -0.2) is 45.6 Å². The van der Waals surface area contributed by atoms with Gasteiger partial charge in [-0.3, -0.25) is 0 Å². The van der Waals surface area contributed by atoms with E-state index < -0.39 is 0 Å². The minimum Gasteiger partial charge on any atom is -0.356 e. The largest absolute Gasteiger partial charge is 0.356 e. The first-order valence-corrected chi connectivity index (χ1v) is 12.2. The van der Waals surface area contributed by atoms with Gasteiger partial charge >= 0.3 is 0 Å². The molecule has 176 valence electrons. The lowest BCUT2D eigenvalue weighted by Crippen LogP contribution is -2.48. The lowest BCUT2D eigenvalue weighted by molar-refractivity contribution is 0.374. The van der Waals surface area contributed by atoms with Crippen molar-refractivity contribution in [3.8, 4) is 0 Å². The van der Waals surface area contributed by atoms with E-state index >= 15 is 0 Å². The maximum atomic E-state index is 13.5. The molecule has 1 N–H and O–H groups in total. The lowest BCUT2D eigenvalue weighted by Gasteiger charge is -2.39. The molecule has 1 saturated carbocycles. The quantitative estimate of drug-likeness (QED) is 0.531. The van der Waals surface area contributed by atoms with E-state index in [0.717, 1.165) is 48.2 Å². The Kier molecular flexibility index (Phi) is 5.28. The van der Waals surface area contributed by atoms with Crippen molar-refractivity contribution >= 4 is 34.9 Å². The molecule has 7 nitrogen and oxygen atoms in total. The fourth-order valence-corrected chi connectivity index (χ4v) is 6.18. The van der Waals surface area contributed by atoms with E-state index in [1.807, 2.05) is 6.92 Å². The van der Waals surface area contributed by atoms with Crippen LogP contribution < -0.4 is 15.1 Å². The predicted octanol–water partition coefficient (Wildman–Crippen LogP) is 4.95. The zero-order valence-electron chi connectivity index (χ0n) is 19.2. The molecule has 0 spiro atoms. The standard InChI is InChI=1S/C25H27ClFN7/c1-14-10-34(19-7-5-18(27)6-8-19)24-21(14)23(26)31-25(32-24)30-22-16-3-4-17(22)12-33(11-16)20-9-15(2)28-13-29-20/h5-9,13-14,16-17,22H,3-4,10-12H2,1-2H3,(H,30,31,32)/t14-,16-,17+,22?/m0/s1. The molecule has 4 atom stereocenters. The van der Waals surface area contributed by atoms with Crippen LogP contribution in [0.4, 0.5) is 27.7 Å². The highest BCUT2D eigenvalue weighted by atomic mass is 35.5. The van der Waals surface area contributed by atoms with Gasteiger partial charge in [0.05, 0.1) is 0 Å². The summed E-state index contributed by atoms with van der Waals surface area (Å²) >= 11 is 6.67. The number of rotatable bonds is 4. The number of halogens is 2. The van der Waals surface area contributed by atoms with Crippen molar-refractivity contribution in [3.63, 3.8) is 0 Å². The molecule has 2 aliphatic heterocycles. The topological polar surface area (TPSA) is 70.1 Å². The molecule has 1 saturated heterocycles. The highest BCUT2D eigenvalue weighted by molar-refractivity contribution is 6.30. The van der Waals surface area contributed by atoms with Crippen molar-refractivity contribution in [2.24, 2.45) is 11.8 Å². The van der Waals surface area contributed by atoms with Crippen molar-refractivity contribution in [3.05, 3.63) is 58.9 Å². The zero-order chi connectivity index (χ0) is 23.4. The van der Waals surface area contributed by atoms with Crippen molar-refractivity contribution in [2.45, 2.75) is 38.6 Å². The second-order valence-corrected chi connectivity index (χ2v) is 10.1. The first kappa shape index (κ1) is 21.5. The third-order valence-corrected chi connectivity index (χ3v) is 7.75. The molecule has 1 aromatic carbocycles. The Morgan fingerprint density at radius 1 is 1.03 bits per heavy atom. The zero-order valence-corrected chi connectivity index (χ0v) is 20.0. The van der Waals surface area contributed by atoms with Crippen LogP contribution >= 0.6 is 11.6 Å². The molecule has 1 unspecified atom stereocenters. The van der Waals surface area contributed by atoms with Crippen molar-refractivity contribution in [1.29, 1.82) is 0 Å². The normalized spacial score (nSPS) is 25.5. The summed E-state index contributed by atoms with van der Waals surface area (Å²) in [5.74, 6) is 3.29. The molecular formula is C25H27ClFN7. The van der Waals surface area contributed by atoms with Gasteiger partial charge in [0.15, 0.2) is 0 Å². The van der Waals surface area contributed by atoms with Crippen molar-refractivity contribution < 1.29 is 4.39 Å². The molecule has 4 heterocycles. The smallest absolute Gasteiger partial charge is 0.226 e. The van der Waals surface area contributed by atoms with Gasteiger partial charge in [-0.15, -0.1) is 0 Å². The lowest BCUT2D eigenvalue weighted by atomic mass is 9.92. The summed E-state index contributed by atoms with van der Waals surface area (Å²) in [6, 6.07) is 8.87. The molecule has 2 fully saturated rings. The molecular weight excluding hydrogens is 453 g/mol. The summed E-state index contributed by atoms with van der Waals surface area (Å²) in [6.07, 6.45) is 3.98. The fraction of sp³-hybridized carbons (Fsp3) is 0.440. The van der Waals surface area contributed by atoms with E-state index in [1.165, 1.54) is 25.0 Å². The van der Waals surface area contributed by atoms with Crippen LogP contribution in [0.2, 0.25) is 5.15 Å². The highest BCUT2D eigenvalue weighted by Gasteiger charge is 2.43. The van der Waals surface area contributed by atoms with E-state index in [0.29, 0.717) is 29.0 Å². The average molecular weight is 480 g/mol. The Morgan fingerprint density at radius 3 is 2.47 bits per heavy atom. The molecule has 9 heteroatoms. The first-order valence-electron chi connectivity index (χ1n) is 11.9. The Morgan fingerprint density at radius 2 is 1.76 bits per heavy atom. The summed E-state index contributed by atoms with van der Waals surface area (Å²) in [5, 5.41) is 4.13. The Balaban J connectivity index is 1.25. The van der Waals surface area contributed by atoms with Crippen LogP contribution in [0.5, 0.6) is 0 Å². The number of hydrogen-bond acceptors (Lipinski definition) is 7. The fourth-order valence-electron chi connectivity index (χ4n) is 5.83. The third kappa shape index (κ3) is 3.74. The van der Waals surface area contributed by atoms with Crippen LogP contribution in [0.25, 0.3) is 0 Å². The molecule has 6 rings (SSSR count). The number of nitrogens with one attached hydrogen (secondary N) is 1. The van der Waals surface area contributed by atoms with E-state index in [2.05, 4.69) is 43.1 Å². The summed E-state index contributed by atoms with van der Waals surface area (Å²) in [5.41, 5.74) is 2.84. The highest BCUT2D eigenvalue weighted by Crippen LogP contribution is 2.44. The van der Waals surface area contributed by atoms with Crippen LogP contribution in [0.15, 0.2) is 36.7 Å². The molecule has 3 aliphatic rings. The minimum absolute atomic E-state index is 0.192. The number of anilines is 4. The van der Waals surface area contributed by atoms with E-state index in [1.54, 1.807) is 18.5 Å². The maximum absolute atomic E-state index is 13.5. The van der Waals surface area contributed by atoms with Crippen LogP contribution in [0.3, 0.4) is 0 Å². The number of nitrogens with zero attached hydrogens (tertiary/aromatic N) is 6. The van der Waals surface area contributed by atoms with Crippen molar-refractivity contribution in [1.82, 2.24) is 19.9 Å². The van der Waals surface area contributed by atoms with Gasteiger partial charge in [-0.1, -0.05) is 18.5 Å². The molecule has 34 heavy (non-hydrogen) atoms. The maximum Gasteiger partial charge on any atom is 0.226 e. The number of aryl methyl sites for hydroxylation is 1. The number of fused-ring (bicyclic) bond motifs is 3. The second kappa shape index (κ2) is 8.34. The third-order valence-electron chi connectivity index (χ3n) is 7.47. The SMILES string of the molecule is Cc1cc(N2C[C@H]3CC[C@@H](C2)C3Nc2nc(Cl)c3c(n2)N(c2ccc(F)cc2)C[C@@H]3C)ncn1. The summed E-state index contributed by atoms with van der Waals surface area (Å²) in [6.45, 7) is 6.75. The van der Waals surface area contributed by atoms with Crippen LogP contribution in [-0.2, 0) is 0 Å². The second-order valence-electron chi connectivity index (χ2n) is 9.75. The molecule has 0 radical (unpaired) electrons. The first-order chi connectivity index (χ1) is 16.5. The monoisotopic (exact) mass is 479 g/mol. The number of piperidine rings is 1. The van der Waals surface area contributed by atoms with Crippen LogP contribution in [0, 0.1) is 24.6 Å². The number of aromatic nitrogens is 4. The molecule has 0 amide bonds. The number of hydrogen-bond donors (Lipinski definition) is 1. The van der Waals surface area contributed by atoms with Gasteiger partial charge in [0.25, 0.3) is 0 Å². The van der Waals surface area contributed by atoms with E-state index in [4.69, 9.17) is 16.6 Å². The molecule has 1 aliphatic carbocycles. The molecule has 3 aromatic rings. The van der Waals surface area contributed by atoms with Gasteiger partial charge in [-0.05, 0) is 55.9 Å². The van der Waals surface area contributed by atoms with Gasteiger partial charge < -0.3 is 15.1 Å². The predicted molar refractivity (Wildman–Crippen MR) is 131 cm³/mol. The van der Waals surface area contributed by atoms with Gasteiger partial charge in [-0.25, -0.2) is 19.3 Å². The van der Waals surface area contributed by atoms with E-state index in [9.17, 15) is 4.39 Å². The minimum atomic E-state index is -0.252. The Bertz CT molecular complexity index is 1210. The van der Waals surface area contributed by atoms with Gasteiger partial charge in [0, 0.05) is 54.6 Å². The van der Waals surface area contributed by atoms with Crippen LogP contribution in [0.1, 0.15) is 36.9 Å². The summed E-state index contributed by atoms with van der Waals surface area (Å²) in [7, 11) is 0. The molecule has 2 aromatic heterocycles. The van der Waals surface area contributed by atoms with E-state index in [-0.39, 0.29) is 11.7 Å². The van der Waals surface area contributed by atoms with Gasteiger partial charge in [-0.2, -0.15) is 4.98 Å². The summed E-state index contributed by atoms with van der Waals surface area (Å²) in [4.78, 5) is 22.8. The summed E-state index contributed by atoms with van der Waals surface area (Å²) < 4.78 is 13.5. The average Bonchev–Trinajstić information content (AvgIpc) is 3.25. The van der Waals surface area contributed by atoms with Crippen molar-refractivity contribution in [2.75, 3.05) is 34.8 Å². The number of benzene rings is 1. The van der Waals surface area contributed by atoms with Gasteiger partial charge in [0.1, 0.15) is 28.9 Å². The Labute approximate surface area is 203 Å². The Hall–Kier alpha value is -3.00.